The van der Waals surface area contributed by atoms with E-state index in [9.17, 15) is 0 Å². The van der Waals surface area contributed by atoms with Gasteiger partial charge >= 0.3 is 0 Å². The highest BCUT2D eigenvalue weighted by molar-refractivity contribution is 5.82. The predicted molar refractivity (Wildman–Crippen MR) is 60.0 cm³/mol. The molecule has 7 nitrogen and oxygen atoms in total. The monoisotopic (exact) mass is 226 g/mol. The molecule has 0 aliphatic rings. The van der Waals surface area contributed by atoms with Gasteiger partial charge in [-0.05, 0) is 6.92 Å². The number of nitrogens with two attached hydrogens (primary N) is 1. The van der Waals surface area contributed by atoms with E-state index in [0.717, 1.165) is 12.4 Å². The van der Waals surface area contributed by atoms with Gasteiger partial charge in [0.1, 0.15) is 18.0 Å². The molecular formula is C9H18N6O. The van der Waals surface area contributed by atoms with Crippen molar-refractivity contribution in [3.8, 4) is 0 Å². The average molecular weight is 226 g/mol. The summed E-state index contributed by atoms with van der Waals surface area (Å²) in [5.74, 6) is 1.10. The second-order valence-electron chi connectivity index (χ2n) is 3.59. The molecule has 0 fully saturated rings. The lowest BCUT2D eigenvalue weighted by Gasteiger charge is -2.10. The van der Waals surface area contributed by atoms with Crippen molar-refractivity contribution in [1.82, 2.24) is 20.1 Å². The number of oxime groups is 1. The molecule has 0 bridgehead atoms. The van der Waals surface area contributed by atoms with E-state index in [2.05, 4.69) is 20.7 Å². The molecule has 0 aliphatic carbocycles. The lowest BCUT2D eigenvalue weighted by Crippen LogP contribution is -2.31. The minimum absolute atomic E-state index is 0.0111. The van der Waals surface area contributed by atoms with Crippen molar-refractivity contribution < 1.29 is 5.21 Å². The largest absolute Gasteiger partial charge is 0.409 e. The van der Waals surface area contributed by atoms with Crippen LogP contribution in [0.5, 0.6) is 0 Å². The fourth-order valence-corrected chi connectivity index (χ4v) is 1.28. The minimum Gasteiger partial charge on any atom is -0.409 e. The van der Waals surface area contributed by atoms with Gasteiger partial charge in [0.25, 0.3) is 0 Å². The third-order valence-electron chi connectivity index (χ3n) is 2.39. The van der Waals surface area contributed by atoms with Crippen molar-refractivity contribution in [3.63, 3.8) is 0 Å². The second kappa shape index (κ2) is 6.06. The van der Waals surface area contributed by atoms with Crippen LogP contribution in [-0.4, -0.2) is 32.4 Å². The molecule has 0 amide bonds. The molecule has 1 unspecified atom stereocenters. The first kappa shape index (κ1) is 12.4. The van der Waals surface area contributed by atoms with Crippen LogP contribution < -0.4 is 11.1 Å². The topological polar surface area (TPSA) is 101 Å². The maximum Gasteiger partial charge on any atom is 0.146 e. The Morgan fingerprint density at radius 2 is 2.50 bits per heavy atom. The molecule has 16 heavy (non-hydrogen) atoms. The first-order valence-electron chi connectivity index (χ1n) is 5.23. The molecular weight excluding hydrogens is 208 g/mol. The van der Waals surface area contributed by atoms with Crippen LogP contribution in [-0.2, 0) is 13.1 Å². The van der Waals surface area contributed by atoms with Crippen LogP contribution in [0, 0.1) is 5.92 Å². The highest BCUT2D eigenvalue weighted by atomic mass is 16.4. The molecule has 1 aromatic rings. The quantitative estimate of drug-likeness (QED) is 0.269. The summed E-state index contributed by atoms with van der Waals surface area (Å²) in [5, 5.41) is 22.4. The Hall–Kier alpha value is -1.63. The van der Waals surface area contributed by atoms with Gasteiger partial charge in [0.05, 0.1) is 6.54 Å². The highest BCUT2D eigenvalue weighted by Gasteiger charge is 2.08. The number of amidine groups is 1. The van der Waals surface area contributed by atoms with Crippen molar-refractivity contribution >= 4 is 5.84 Å². The van der Waals surface area contributed by atoms with Gasteiger partial charge in [0.15, 0.2) is 0 Å². The van der Waals surface area contributed by atoms with Crippen LogP contribution in [0.3, 0.4) is 0 Å². The van der Waals surface area contributed by atoms with Gasteiger partial charge in [-0.1, -0.05) is 12.1 Å². The van der Waals surface area contributed by atoms with Crippen LogP contribution in [0.2, 0.25) is 0 Å². The van der Waals surface area contributed by atoms with E-state index in [-0.39, 0.29) is 11.8 Å². The van der Waals surface area contributed by atoms with Gasteiger partial charge < -0.3 is 20.8 Å². The van der Waals surface area contributed by atoms with Crippen LogP contribution in [0.15, 0.2) is 11.5 Å². The molecule has 0 aromatic carbocycles. The molecule has 0 spiro atoms. The van der Waals surface area contributed by atoms with Crippen molar-refractivity contribution in [2.75, 3.05) is 6.54 Å². The minimum atomic E-state index is -0.0111. The lowest BCUT2D eigenvalue weighted by atomic mass is 10.1. The number of aromatic nitrogens is 3. The summed E-state index contributed by atoms with van der Waals surface area (Å²) in [5.41, 5.74) is 5.46. The maximum absolute atomic E-state index is 8.48. The smallest absolute Gasteiger partial charge is 0.146 e. The Balaban J connectivity index is 2.36. The van der Waals surface area contributed by atoms with E-state index in [0.29, 0.717) is 13.1 Å². The Bertz CT molecular complexity index is 348. The molecule has 0 radical (unpaired) electrons. The van der Waals surface area contributed by atoms with E-state index < -0.39 is 0 Å². The molecule has 1 aromatic heterocycles. The SMILES string of the molecule is CCn1cnnc1CNCC(C)C(N)=NO. The van der Waals surface area contributed by atoms with Gasteiger partial charge in [-0.2, -0.15) is 0 Å². The number of aryl methyl sites for hydroxylation is 1. The predicted octanol–water partition coefficient (Wildman–Crippen LogP) is -0.230. The van der Waals surface area contributed by atoms with Crippen molar-refractivity contribution in [2.45, 2.75) is 26.9 Å². The molecule has 1 heterocycles. The Labute approximate surface area is 94.3 Å². The zero-order valence-corrected chi connectivity index (χ0v) is 9.59. The van der Waals surface area contributed by atoms with E-state index in [1.54, 1.807) is 6.33 Å². The molecule has 1 atom stereocenters. The van der Waals surface area contributed by atoms with Crippen LogP contribution in [0.1, 0.15) is 19.7 Å². The summed E-state index contributed by atoms with van der Waals surface area (Å²) < 4.78 is 1.96. The van der Waals surface area contributed by atoms with Crippen LogP contribution >= 0.6 is 0 Å². The summed E-state index contributed by atoms with van der Waals surface area (Å²) in [6, 6.07) is 0. The van der Waals surface area contributed by atoms with E-state index in [1.807, 2.05) is 18.4 Å². The van der Waals surface area contributed by atoms with Crippen LogP contribution in [0.25, 0.3) is 0 Å². The van der Waals surface area contributed by atoms with Gasteiger partial charge in [0.2, 0.25) is 0 Å². The zero-order chi connectivity index (χ0) is 12.0. The van der Waals surface area contributed by atoms with Gasteiger partial charge in [0, 0.05) is 19.0 Å². The first-order chi connectivity index (χ1) is 7.69. The fourth-order valence-electron chi connectivity index (χ4n) is 1.28. The van der Waals surface area contributed by atoms with E-state index in [4.69, 9.17) is 10.9 Å². The molecule has 0 saturated carbocycles. The Morgan fingerprint density at radius 3 is 3.12 bits per heavy atom. The molecule has 90 valence electrons. The Kier molecular flexibility index (Phi) is 4.71. The summed E-state index contributed by atoms with van der Waals surface area (Å²) in [6.45, 7) is 6.02. The molecule has 0 aliphatic heterocycles. The summed E-state index contributed by atoms with van der Waals surface area (Å²) in [4.78, 5) is 0. The maximum atomic E-state index is 8.48. The molecule has 0 saturated heterocycles. The number of rotatable bonds is 6. The number of nitrogens with zero attached hydrogens (tertiary/aromatic N) is 4. The number of hydrogen-bond acceptors (Lipinski definition) is 5. The molecule has 7 heteroatoms. The van der Waals surface area contributed by atoms with Crippen LogP contribution in [0.4, 0.5) is 0 Å². The van der Waals surface area contributed by atoms with Crippen molar-refractivity contribution in [2.24, 2.45) is 16.8 Å². The summed E-state index contributed by atoms with van der Waals surface area (Å²) >= 11 is 0. The fraction of sp³-hybridized carbons (Fsp3) is 0.667. The molecule has 4 N–H and O–H groups in total. The first-order valence-corrected chi connectivity index (χ1v) is 5.23. The lowest BCUT2D eigenvalue weighted by molar-refractivity contribution is 0.314. The van der Waals surface area contributed by atoms with Gasteiger partial charge in [-0.25, -0.2) is 0 Å². The Morgan fingerprint density at radius 1 is 1.75 bits per heavy atom. The highest BCUT2D eigenvalue weighted by Crippen LogP contribution is 1.96. The van der Waals surface area contributed by atoms with E-state index in [1.165, 1.54) is 0 Å². The summed E-state index contributed by atoms with van der Waals surface area (Å²) in [7, 11) is 0. The molecule has 1 rings (SSSR count). The van der Waals surface area contributed by atoms with E-state index >= 15 is 0 Å². The van der Waals surface area contributed by atoms with Gasteiger partial charge in [-0.15, -0.1) is 10.2 Å². The third-order valence-corrected chi connectivity index (χ3v) is 2.39. The zero-order valence-electron chi connectivity index (χ0n) is 9.59. The standard InChI is InChI=1S/C9H18N6O/c1-3-15-6-12-13-8(15)5-11-4-7(2)9(10)14-16/h6-7,11,16H,3-5H2,1-2H3,(H2,10,14). The summed E-state index contributed by atoms with van der Waals surface area (Å²) in [6.07, 6.45) is 1.70. The van der Waals surface area contributed by atoms with Crippen molar-refractivity contribution in [3.05, 3.63) is 12.2 Å². The normalized spacial score (nSPS) is 14.0. The second-order valence-corrected chi connectivity index (χ2v) is 3.59. The number of nitrogens with one attached hydrogen (secondary N) is 1. The van der Waals surface area contributed by atoms with Gasteiger partial charge in [-0.3, -0.25) is 0 Å². The number of hydrogen-bond donors (Lipinski definition) is 3. The average Bonchev–Trinajstić information content (AvgIpc) is 2.75. The van der Waals surface area contributed by atoms with Crippen molar-refractivity contribution in [1.29, 1.82) is 0 Å². The third kappa shape index (κ3) is 3.20.